The Kier molecular flexibility index (Phi) is 30.7. The van der Waals surface area contributed by atoms with Crippen LogP contribution in [0.1, 0.15) is 156 Å². The summed E-state index contributed by atoms with van der Waals surface area (Å²) in [5, 5.41) is 41.6. The van der Waals surface area contributed by atoms with Crippen LogP contribution in [-0.4, -0.2) is 79.6 Å². The number of halogens is 1. The molecule has 0 aromatic heterocycles. The zero-order valence-corrected chi connectivity index (χ0v) is 75.9. The van der Waals surface area contributed by atoms with E-state index in [1.54, 1.807) is 93.6 Å². The van der Waals surface area contributed by atoms with Crippen molar-refractivity contribution < 1.29 is 67.9 Å². The van der Waals surface area contributed by atoms with Gasteiger partial charge in [0, 0.05) is 15.6 Å². The minimum atomic E-state index is -1.16. The summed E-state index contributed by atoms with van der Waals surface area (Å²) in [5.41, 5.74) is 15.6. The highest BCUT2D eigenvalue weighted by Gasteiger charge is 2.28. The van der Waals surface area contributed by atoms with E-state index in [-0.39, 0.29) is 51.3 Å². The van der Waals surface area contributed by atoms with Crippen molar-refractivity contribution in [2.24, 2.45) is 0 Å². The van der Waals surface area contributed by atoms with Gasteiger partial charge in [-0.3, -0.25) is 19.2 Å². The molecular formula is C112H99BrN4O14. The molecule has 0 aliphatic carbocycles. The van der Waals surface area contributed by atoms with E-state index >= 15 is 0 Å². The number of aromatic hydroxyl groups is 2. The van der Waals surface area contributed by atoms with Crippen LogP contribution in [0.15, 0.2) is 362 Å². The highest BCUT2D eigenvalue weighted by Crippen LogP contribution is 2.37. The number of carbonyl (C=O) groups excluding carboxylic acids is 7. The summed E-state index contributed by atoms with van der Waals surface area (Å²) in [5.74, 6) is -4.71. The minimum Gasteiger partial charge on any atom is -0.507 e. The molecule has 15 aromatic rings. The maximum Gasteiger partial charge on any atom is 0.340 e. The lowest BCUT2D eigenvalue weighted by Gasteiger charge is -2.21. The summed E-state index contributed by atoms with van der Waals surface area (Å²) in [6, 6.07) is 109. The van der Waals surface area contributed by atoms with E-state index in [1.807, 2.05) is 322 Å². The Hall–Kier alpha value is -15.9. The number of carboxylic acids is 1. The second-order valence-electron chi connectivity index (χ2n) is 33.7. The highest BCUT2D eigenvalue weighted by molar-refractivity contribution is 9.10. The monoisotopic (exact) mass is 1800 g/mol. The number of carboxylic acid groups (broad SMARTS) is 1. The average molecular weight is 1800 g/mol. The van der Waals surface area contributed by atoms with Gasteiger partial charge in [-0.2, -0.15) is 0 Å². The fraction of sp³-hybridized carbons (Fsp3) is 0.125. The molecule has 15 aromatic carbocycles. The Balaban J connectivity index is 0.000000158. The fourth-order valence-electron chi connectivity index (χ4n) is 13.9. The molecule has 0 saturated heterocycles. The molecule has 7 N–H and O–H groups in total. The Morgan fingerprint density at radius 3 is 0.702 bits per heavy atom. The number of rotatable bonds is 19. The number of phenolic OH excluding ortho intramolecular Hbond substituents is 2. The van der Waals surface area contributed by atoms with Crippen molar-refractivity contribution in [3.05, 3.63) is 418 Å². The average Bonchev–Trinajstić information content (AvgIpc) is 0.808. The molecule has 0 aliphatic rings. The number of carbonyl (C=O) groups is 8. The van der Waals surface area contributed by atoms with Crippen LogP contribution in [0.5, 0.6) is 11.5 Å². The predicted molar refractivity (Wildman–Crippen MR) is 524 cm³/mol. The number of hydrogen-bond acceptors (Lipinski definition) is 13. The van der Waals surface area contributed by atoms with Crippen LogP contribution in [0.25, 0.3) is 77.9 Å². The normalized spacial score (nSPS) is 10.9. The van der Waals surface area contributed by atoms with Crippen molar-refractivity contribution in [2.45, 2.75) is 93.0 Å². The van der Waals surface area contributed by atoms with Crippen LogP contribution >= 0.6 is 15.9 Å². The molecule has 131 heavy (non-hydrogen) atoms. The van der Waals surface area contributed by atoms with Gasteiger partial charge in [-0.05, 0) is 256 Å². The number of aryl methyl sites for hydroxylation is 2. The first kappa shape index (κ1) is 94.3. The molecule has 0 atom stereocenters. The van der Waals surface area contributed by atoms with E-state index < -0.39 is 52.5 Å². The number of esters is 3. The molecule has 0 aliphatic heterocycles. The van der Waals surface area contributed by atoms with Crippen LogP contribution < -0.4 is 21.3 Å². The van der Waals surface area contributed by atoms with Gasteiger partial charge in [-0.15, -0.1) is 0 Å². The Morgan fingerprint density at radius 2 is 0.443 bits per heavy atom. The SMILES string of the molecule is CC(C)(C)OC(=O)c1ccc(-c2ccccc2)cc1NC(=O)c1cc(-c2ccccc2)ccc1O.Cc1ccc(-c2ccccc2)cc1C(=O)Nc1cc(-c2ccccc2)ccc1C(=O)OC(C)(C)C.Cc1ccc(Br)cc1C(=O)Nc1cc(-c2ccccc2)ccc1C(=O)OC(C)(C)C.O=C(Nc1cc(-c2ccccc2)ccc1C(=O)O)c1cc(-c2ccccc2)ccc1O. The van der Waals surface area contributed by atoms with Gasteiger partial charge in [0.1, 0.15) is 28.3 Å². The van der Waals surface area contributed by atoms with E-state index in [9.17, 15) is 53.7 Å². The van der Waals surface area contributed by atoms with E-state index in [0.717, 1.165) is 93.5 Å². The van der Waals surface area contributed by atoms with Gasteiger partial charge >= 0.3 is 23.9 Å². The van der Waals surface area contributed by atoms with Crippen molar-refractivity contribution in [3.8, 4) is 89.4 Å². The van der Waals surface area contributed by atoms with Crippen molar-refractivity contribution in [1.82, 2.24) is 0 Å². The number of phenols is 2. The van der Waals surface area contributed by atoms with Crippen LogP contribution in [0, 0.1) is 13.8 Å². The second-order valence-corrected chi connectivity index (χ2v) is 34.6. The lowest BCUT2D eigenvalue weighted by Crippen LogP contribution is -2.25. The first-order valence-electron chi connectivity index (χ1n) is 42.2. The number of aromatic carboxylic acids is 1. The maximum atomic E-state index is 13.5. The molecule has 658 valence electrons. The fourth-order valence-corrected chi connectivity index (χ4v) is 14.2. The van der Waals surface area contributed by atoms with Crippen LogP contribution in [-0.2, 0) is 14.2 Å². The summed E-state index contributed by atoms with van der Waals surface area (Å²) < 4.78 is 17.5. The van der Waals surface area contributed by atoms with Gasteiger partial charge < -0.3 is 50.8 Å². The number of anilines is 4. The van der Waals surface area contributed by atoms with Gasteiger partial charge in [0.2, 0.25) is 0 Å². The van der Waals surface area contributed by atoms with Crippen molar-refractivity contribution in [3.63, 3.8) is 0 Å². The first-order chi connectivity index (χ1) is 62.6. The van der Waals surface area contributed by atoms with Gasteiger partial charge in [0.15, 0.2) is 0 Å². The quantitative estimate of drug-likeness (QED) is 0.0293. The van der Waals surface area contributed by atoms with Crippen LogP contribution in [0.2, 0.25) is 0 Å². The van der Waals surface area contributed by atoms with Gasteiger partial charge in [-0.25, -0.2) is 19.2 Å². The molecule has 0 spiro atoms. The summed E-state index contributed by atoms with van der Waals surface area (Å²) >= 11 is 3.41. The van der Waals surface area contributed by atoms with E-state index in [1.165, 1.54) is 18.2 Å². The third-order valence-corrected chi connectivity index (χ3v) is 20.8. The van der Waals surface area contributed by atoms with Crippen molar-refractivity contribution in [2.75, 3.05) is 21.3 Å². The van der Waals surface area contributed by atoms with Crippen LogP contribution in [0.4, 0.5) is 22.7 Å². The Morgan fingerprint density at radius 1 is 0.237 bits per heavy atom. The maximum absolute atomic E-state index is 13.5. The predicted octanol–water partition coefficient (Wildman–Crippen LogP) is 26.8. The molecule has 15 rings (SSSR count). The molecule has 0 unspecified atom stereocenters. The molecule has 4 amide bonds. The number of nitrogens with one attached hydrogen (secondary N) is 4. The summed E-state index contributed by atoms with van der Waals surface area (Å²) in [4.78, 5) is 103. The lowest BCUT2D eigenvalue weighted by molar-refractivity contribution is 0.00580. The lowest BCUT2D eigenvalue weighted by atomic mass is 9.98. The number of ether oxygens (including phenoxy) is 3. The van der Waals surface area contributed by atoms with Gasteiger partial charge in [0.25, 0.3) is 23.6 Å². The zero-order valence-electron chi connectivity index (χ0n) is 74.3. The summed E-state index contributed by atoms with van der Waals surface area (Å²) in [7, 11) is 0. The molecular weight excluding hydrogens is 1710 g/mol. The third-order valence-electron chi connectivity index (χ3n) is 20.3. The van der Waals surface area contributed by atoms with E-state index in [0.29, 0.717) is 39.3 Å². The van der Waals surface area contributed by atoms with Crippen molar-refractivity contribution in [1.29, 1.82) is 0 Å². The molecule has 0 saturated carbocycles. The molecule has 19 heteroatoms. The summed E-state index contributed by atoms with van der Waals surface area (Å²) in [6.07, 6.45) is 0. The first-order valence-corrected chi connectivity index (χ1v) is 43.0. The minimum absolute atomic E-state index is 0.0354. The second kappa shape index (κ2) is 42.6. The largest absolute Gasteiger partial charge is 0.507 e. The number of hydrogen-bond donors (Lipinski definition) is 7. The highest BCUT2D eigenvalue weighted by atomic mass is 79.9. The molecule has 0 bridgehead atoms. The summed E-state index contributed by atoms with van der Waals surface area (Å²) in [6.45, 7) is 20.0. The molecule has 0 heterocycles. The van der Waals surface area contributed by atoms with Crippen LogP contribution in [0.3, 0.4) is 0 Å². The Labute approximate surface area is 770 Å². The van der Waals surface area contributed by atoms with Gasteiger partial charge in [-0.1, -0.05) is 283 Å². The standard InChI is InChI=1S/C31H29NO3.C30H27NO4.C26H19NO4.C25H24BrNO3/c1-21-15-16-24(22-11-7-5-8-12-22)19-27(21)29(33)32-28-20-25(23-13-9-6-10-14-23)17-18-26(28)30(34)35-31(2,3)4;1-30(2,3)35-29(34)24-16-14-23(21-12-8-5-9-13-21)19-26(24)31-28(33)25-18-22(15-17-27(25)32)20-10-6-4-7-11-20;28-24-14-12-19(17-7-3-1-4-8-17)15-22(24)25(29)27-23-16-20(11-13-21(23)26(30)31)18-9-5-2-6-10-18;1-16-10-12-19(26)15-21(16)23(28)27-22-14-18(17-8-6-5-7-9-17)11-13-20(22)24(29)30-25(2,3)4/h5-20H,1-4H3,(H,32,33);4-19,32H,1-3H3,(H,31,33);1-16,28H,(H,27,29)(H,30,31);5-15H,1-4H3,(H,27,28). The Bertz CT molecular complexity index is 6440. The van der Waals surface area contributed by atoms with E-state index in [4.69, 9.17) is 14.2 Å². The third kappa shape index (κ3) is 26.0. The molecule has 0 radical (unpaired) electrons. The molecule has 18 nitrogen and oxygen atoms in total. The van der Waals surface area contributed by atoms with Crippen molar-refractivity contribution >= 4 is 86.2 Å². The van der Waals surface area contributed by atoms with Gasteiger partial charge in [0.05, 0.1) is 56.1 Å². The molecule has 0 fully saturated rings. The zero-order chi connectivity index (χ0) is 93.7. The smallest absolute Gasteiger partial charge is 0.340 e. The van der Waals surface area contributed by atoms with E-state index in [2.05, 4.69) is 37.2 Å². The topological polar surface area (TPSA) is 273 Å². The number of benzene rings is 15. The number of amides is 4.